The van der Waals surface area contributed by atoms with Gasteiger partial charge in [-0.15, -0.1) is 0 Å². The summed E-state index contributed by atoms with van der Waals surface area (Å²) in [7, 11) is -3.76. The Morgan fingerprint density at radius 1 is 1.16 bits per heavy atom. The summed E-state index contributed by atoms with van der Waals surface area (Å²) in [6.07, 6.45) is 2.84. The van der Waals surface area contributed by atoms with Crippen LogP contribution in [0.3, 0.4) is 0 Å². The lowest BCUT2D eigenvalue weighted by molar-refractivity contribution is -0.387. The number of amides is 1. The second-order valence-electron chi connectivity index (χ2n) is 5.61. The van der Waals surface area contributed by atoms with Crippen molar-refractivity contribution < 1.29 is 18.1 Å². The number of carbonyl (C=O) groups excluding carboxylic acids is 1. The third-order valence-electron chi connectivity index (χ3n) is 3.57. The number of nitrogens with one attached hydrogen (secondary N) is 1. The maximum absolute atomic E-state index is 12.3. The first-order valence-corrected chi connectivity index (χ1v) is 9.50. The summed E-state index contributed by atoms with van der Waals surface area (Å²) >= 11 is 0. The summed E-state index contributed by atoms with van der Waals surface area (Å²) in [4.78, 5) is 22.2. The van der Waals surface area contributed by atoms with Gasteiger partial charge in [-0.1, -0.05) is 25.5 Å². The van der Waals surface area contributed by atoms with E-state index in [1.54, 1.807) is 12.1 Å². The molecule has 0 unspecified atom stereocenters. The van der Waals surface area contributed by atoms with Crippen LogP contribution in [-0.4, -0.2) is 25.5 Å². The van der Waals surface area contributed by atoms with Gasteiger partial charge in [0.1, 0.15) is 4.90 Å². The average molecular weight is 362 g/mol. The second kappa shape index (κ2) is 7.43. The molecule has 0 aromatic heterocycles. The molecule has 0 aliphatic carbocycles. The molecule has 132 valence electrons. The minimum absolute atomic E-state index is 0.0109. The van der Waals surface area contributed by atoms with Crippen molar-refractivity contribution in [1.29, 1.82) is 0 Å². The maximum Gasteiger partial charge on any atom is 0.288 e. The monoisotopic (exact) mass is 362 g/mol. The van der Waals surface area contributed by atoms with Gasteiger partial charge in [-0.25, -0.2) is 8.42 Å². The van der Waals surface area contributed by atoms with Crippen molar-refractivity contribution in [2.24, 2.45) is 0 Å². The highest BCUT2D eigenvalue weighted by molar-refractivity contribution is 7.90. The van der Waals surface area contributed by atoms with E-state index < -0.39 is 31.3 Å². The number of carbonyl (C=O) groups is 1. The van der Waals surface area contributed by atoms with Gasteiger partial charge in [-0.3, -0.25) is 14.9 Å². The Hall–Kier alpha value is -2.74. The van der Waals surface area contributed by atoms with Gasteiger partial charge < -0.3 is 5.32 Å². The molecule has 1 N–H and O–H groups in total. The number of nitrogens with zero attached hydrogens (tertiary/aromatic N) is 1. The molecule has 8 heteroatoms. The predicted octanol–water partition coefficient (Wildman–Crippen LogP) is 3.20. The van der Waals surface area contributed by atoms with Gasteiger partial charge in [-0.05, 0) is 36.2 Å². The molecule has 2 rings (SSSR count). The minimum Gasteiger partial charge on any atom is -0.322 e. The van der Waals surface area contributed by atoms with Crippen molar-refractivity contribution in [3.63, 3.8) is 0 Å². The summed E-state index contributed by atoms with van der Waals surface area (Å²) < 4.78 is 23.2. The number of hydrogen-bond acceptors (Lipinski definition) is 5. The lowest BCUT2D eigenvalue weighted by Gasteiger charge is -2.07. The Balaban J connectivity index is 2.27. The summed E-state index contributed by atoms with van der Waals surface area (Å²) in [6.45, 7) is 2.07. The zero-order valence-corrected chi connectivity index (χ0v) is 14.7. The molecule has 0 fully saturated rings. The first-order valence-electron chi connectivity index (χ1n) is 7.61. The summed E-state index contributed by atoms with van der Waals surface area (Å²) in [5.74, 6) is -0.550. The number of nitro benzene ring substituents is 1. The molecule has 0 heterocycles. The molecule has 25 heavy (non-hydrogen) atoms. The smallest absolute Gasteiger partial charge is 0.288 e. The van der Waals surface area contributed by atoms with Gasteiger partial charge in [0.2, 0.25) is 0 Å². The van der Waals surface area contributed by atoms with Crippen LogP contribution in [0, 0.1) is 10.1 Å². The SMILES string of the molecule is CCCc1ccc(NC(=O)c2ccc(S(C)(=O)=O)c([N+](=O)[O-])c2)cc1. The Morgan fingerprint density at radius 3 is 2.32 bits per heavy atom. The topological polar surface area (TPSA) is 106 Å². The van der Waals surface area contributed by atoms with Gasteiger partial charge in [0, 0.05) is 23.6 Å². The number of sulfone groups is 1. The third-order valence-corrected chi connectivity index (χ3v) is 4.71. The van der Waals surface area contributed by atoms with Crippen molar-refractivity contribution in [2.75, 3.05) is 11.6 Å². The summed E-state index contributed by atoms with van der Waals surface area (Å²) in [5, 5.41) is 13.8. The largest absolute Gasteiger partial charge is 0.322 e. The van der Waals surface area contributed by atoms with Crippen LogP contribution >= 0.6 is 0 Å². The predicted molar refractivity (Wildman–Crippen MR) is 94.6 cm³/mol. The lowest BCUT2D eigenvalue weighted by atomic mass is 10.1. The van der Waals surface area contributed by atoms with E-state index in [2.05, 4.69) is 12.2 Å². The molecule has 0 atom stereocenters. The number of hydrogen-bond donors (Lipinski definition) is 1. The van der Waals surface area contributed by atoms with E-state index >= 15 is 0 Å². The van der Waals surface area contributed by atoms with Gasteiger partial charge in [-0.2, -0.15) is 0 Å². The molecule has 0 saturated heterocycles. The Labute approximate surface area is 145 Å². The third kappa shape index (κ3) is 4.63. The molecule has 7 nitrogen and oxygen atoms in total. The van der Waals surface area contributed by atoms with E-state index in [0.717, 1.165) is 36.8 Å². The van der Waals surface area contributed by atoms with Crippen LogP contribution in [0.25, 0.3) is 0 Å². The minimum atomic E-state index is -3.76. The van der Waals surface area contributed by atoms with Crippen LogP contribution in [0.5, 0.6) is 0 Å². The Bertz CT molecular complexity index is 905. The van der Waals surface area contributed by atoms with E-state index in [0.29, 0.717) is 5.69 Å². The van der Waals surface area contributed by atoms with Gasteiger partial charge in [0.25, 0.3) is 11.6 Å². The molecule has 0 saturated carbocycles. The zero-order chi connectivity index (χ0) is 18.6. The average Bonchev–Trinajstić information content (AvgIpc) is 2.55. The fourth-order valence-corrected chi connectivity index (χ4v) is 3.19. The second-order valence-corrected chi connectivity index (χ2v) is 7.60. The molecule has 0 radical (unpaired) electrons. The van der Waals surface area contributed by atoms with Gasteiger partial charge in [0.15, 0.2) is 9.84 Å². The van der Waals surface area contributed by atoms with E-state index in [1.165, 1.54) is 6.07 Å². The Morgan fingerprint density at radius 2 is 1.80 bits per heavy atom. The van der Waals surface area contributed by atoms with Crippen molar-refractivity contribution >= 4 is 27.1 Å². The molecule has 0 spiro atoms. The fourth-order valence-electron chi connectivity index (χ4n) is 2.36. The maximum atomic E-state index is 12.3. The number of anilines is 1. The van der Waals surface area contributed by atoms with Crippen LogP contribution in [0.4, 0.5) is 11.4 Å². The number of aryl methyl sites for hydroxylation is 1. The first kappa shape index (κ1) is 18.6. The highest BCUT2D eigenvalue weighted by Crippen LogP contribution is 2.25. The van der Waals surface area contributed by atoms with Crippen molar-refractivity contribution in [2.45, 2.75) is 24.7 Å². The van der Waals surface area contributed by atoms with Gasteiger partial charge in [0.05, 0.1) is 4.92 Å². The van der Waals surface area contributed by atoms with Crippen molar-refractivity contribution in [1.82, 2.24) is 0 Å². The molecule has 1 amide bonds. The van der Waals surface area contributed by atoms with Crippen LogP contribution in [0.15, 0.2) is 47.4 Å². The molecular formula is C17H18N2O5S. The van der Waals surface area contributed by atoms with Crippen LogP contribution in [0.1, 0.15) is 29.3 Å². The Kier molecular flexibility index (Phi) is 5.53. The van der Waals surface area contributed by atoms with Crippen molar-refractivity contribution in [3.8, 4) is 0 Å². The normalized spacial score (nSPS) is 11.1. The fraction of sp³-hybridized carbons (Fsp3) is 0.235. The van der Waals surface area contributed by atoms with E-state index in [1.807, 2.05) is 12.1 Å². The molecular weight excluding hydrogens is 344 g/mol. The van der Waals surface area contributed by atoms with Crippen LogP contribution < -0.4 is 5.32 Å². The highest BCUT2D eigenvalue weighted by atomic mass is 32.2. The highest BCUT2D eigenvalue weighted by Gasteiger charge is 2.24. The first-order chi connectivity index (χ1) is 11.7. The van der Waals surface area contributed by atoms with Crippen LogP contribution in [0.2, 0.25) is 0 Å². The van der Waals surface area contributed by atoms with Gasteiger partial charge >= 0.3 is 0 Å². The zero-order valence-electron chi connectivity index (χ0n) is 13.9. The van der Waals surface area contributed by atoms with Crippen LogP contribution in [-0.2, 0) is 16.3 Å². The number of rotatable bonds is 6. The molecule has 0 aliphatic heterocycles. The standard InChI is InChI=1S/C17H18N2O5S/c1-3-4-12-5-8-14(9-6-12)18-17(20)13-7-10-16(25(2,23)24)15(11-13)19(21)22/h5-11H,3-4H2,1-2H3,(H,18,20). The number of nitro groups is 1. The molecule has 2 aromatic carbocycles. The number of benzene rings is 2. The molecule has 2 aromatic rings. The quantitative estimate of drug-likeness (QED) is 0.627. The van der Waals surface area contributed by atoms with Crippen molar-refractivity contribution in [3.05, 3.63) is 63.7 Å². The summed E-state index contributed by atoms with van der Waals surface area (Å²) in [5.41, 5.74) is 1.10. The molecule has 0 aliphatic rings. The van der Waals surface area contributed by atoms with E-state index in [9.17, 15) is 23.3 Å². The van der Waals surface area contributed by atoms with E-state index in [-0.39, 0.29) is 5.56 Å². The lowest BCUT2D eigenvalue weighted by Crippen LogP contribution is -2.13. The summed E-state index contributed by atoms with van der Waals surface area (Å²) in [6, 6.07) is 10.6. The molecule has 0 bridgehead atoms. The van der Waals surface area contributed by atoms with E-state index in [4.69, 9.17) is 0 Å².